The number of nitriles is 1. The smallest absolute Gasteiger partial charge is 0.417 e. The second-order valence-corrected chi connectivity index (χ2v) is 9.73. The number of likely N-dealkylation sites (tertiary alicyclic amines) is 1. The number of aliphatic hydroxyl groups is 1. The summed E-state index contributed by atoms with van der Waals surface area (Å²) < 4.78 is 45.9. The average molecular weight is 488 g/mol. The quantitative estimate of drug-likeness (QED) is 0.576. The minimum Gasteiger partial charge on any atom is -0.493 e. The molecule has 0 bridgehead atoms. The van der Waals surface area contributed by atoms with Crippen LogP contribution in [-0.4, -0.2) is 48.4 Å². The first-order valence-corrected chi connectivity index (χ1v) is 12.2. The lowest BCUT2D eigenvalue weighted by Crippen LogP contribution is -2.45. The highest BCUT2D eigenvalue weighted by molar-refractivity contribution is 5.55. The molecule has 4 rings (SSSR count). The first-order valence-electron chi connectivity index (χ1n) is 12.2. The Morgan fingerprint density at radius 1 is 1.06 bits per heavy atom. The van der Waals surface area contributed by atoms with Gasteiger partial charge in [-0.3, -0.25) is 4.90 Å². The summed E-state index contributed by atoms with van der Waals surface area (Å²) in [6, 6.07) is 11.6. The predicted octanol–water partition coefficient (Wildman–Crippen LogP) is 5.28. The number of hydrogen-bond donors (Lipinski definition) is 1. The molecule has 35 heavy (non-hydrogen) atoms. The maximum atomic E-state index is 13.3. The largest absolute Gasteiger partial charge is 0.493 e. The standard InChI is InChI=1S/C27H32F3N3O2/c1-20-16-21(19-32-11-2-3-12-32)4-7-25(20)35-15-10-26(34)8-13-33(14-9-26)23-6-5-22(18-31)24(17-23)27(28,29)30/h4-7,16-17,34H,2-3,8-15,19H2,1H3. The Hall–Kier alpha value is -2.76. The molecule has 2 fully saturated rings. The number of rotatable bonds is 7. The topological polar surface area (TPSA) is 59.7 Å². The van der Waals surface area contributed by atoms with Crippen molar-refractivity contribution in [1.82, 2.24) is 4.90 Å². The zero-order valence-electron chi connectivity index (χ0n) is 20.1. The van der Waals surface area contributed by atoms with Crippen LogP contribution in [0.15, 0.2) is 36.4 Å². The van der Waals surface area contributed by atoms with Crippen LogP contribution < -0.4 is 9.64 Å². The van der Waals surface area contributed by atoms with Crippen LogP contribution in [-0.2, 0) is 12.7 Å². The summed E-state index contributed by atoms with van der Waals surface area (Å²) in [6.45, 7) is 6.54. The first kappa shape index (κ1) is 25.3. The van der Waals surface area contributed by atoms with Gasteiger partial charge in [-0.05, 0) is 81.1 Å². The van der Waals surface area contributed by atoms with Gasteiger partial charge < -0.3 is 14.7 Å². The highest BCUT2D eigenvalue weighted by atomic mass is 19.4. The van der Waals surface area contributed by atoms with Crippen molar-refractivity contribution in [2.45, 2.75) is 57.3 Å². The van der Waals surface area contributed by atoms with Gasteiger partial charge in [-0.1, -0.05) is 12.1 Å². The summed E-state index contributed by atoms with van der Waals surface area (Å²) in [5.74, 6) is 0.813. The number of alkyl halides is 3. The van der Waals surface area contributed by atoms with Crippen molar-refractivity contribution in [2.75, 3.05) is 37.7 Å². The molecule has 0 aromatic heterocycles. The van der Waals surface area contributed by atoms with Crippen molar-refractivity contribution in [3.8, 4) is 11.8 Å². The average Bonchev–Trinajstić information content (AvgIpc) is 3.33. The van der Waals surface area contributed by atoms with Crippen LogP contribution in [0.2, 0.25) is 0 Å². The maximum absolute atomic E-state index is 13.3. The Bertz CT molecular complexity index is 1070. The van der Waals surface area contributed by atoms with E-state index in [-0.39, 0.29) is 5.56 Å². The fourth-order valence-corrected chi connectivity index (χ4v) is 5.01. The minimum atomic E-state index is -4.58. The number of benzene rings is 2. The summed E-state index contributed by atoms with van der Waals surface area (Å²) in [5, 5.41) is 20.0. The van der Waals surface area contributed by atoms with Crippen LogP contribution in [0.1, 0.15) is 54.4 Å². The molecule has 0 amide bonds. The molecule has 8 heteroatoms. The van der Waals surface area contributed by atoms with E-state index in [1.807, 2.05) is 17.9 Å². The van der Waals surface area contributed by atoms with E-state index >= 15 is 0 Å². The summed E-state index contributed by atoms with van der Waals surface area (Å²) in [6.07, 6.45) is -0.723. The van der Waals surface area contributed by atoms with Gasteiger partial charge in [-0.2, -0.15) is 18.4 Å². The van der Waals surface area contributed by atoms with E-state index in [0.717, 1.165) is 37.0 Å². The SMILES string of the molecule is Cc1cc(CN2CCCC2)ccc1OCCC1(O)CCN(c2ccc(C#N)c(C(F)(F)F)c2)CC1. The van der Waals surface area contributed by atoms with Crippen LogP contribution in [0.4, 0.5) is 18.9 Å². The molecular formula is C27H32F3N3O2. The zero-order valence-corrected chi connectivity index (χ0v) is 20.1. The van der Waals surface area contributed by atoms with Gasteiger partial charge >= 0.3 is 6.18 Å². The third-order valence-corrected chi connectivity index (χ3v) is 7.16. The summed E-state index contributed by atoms with van der Waals surface area (Å²) in [4.78, 5) is 4.29. The van der Waals surface area contributed by atoms with E-state index in [0.29, 0.717) is 44.6 Å². The van der Waals surface area contributed by atoms with Gasteiger partial charge in [0.2, 0.25) is 0 Å². The van der Waals surface area contributed by atoms with Crippen LogP contribution >= 0.6 is 0 Å². The van der Waals surface area contributed by atoms with Crippen molar-refractivity contribution in [3.05, 3.63) is 58.7 Å². The van der Waals surface area contributed by atoms with Gasteiger partial charge in [0.15, 0.2) is 0 Å². The van der Waals surface area contributed by atoms with Crippen molar-refractivity contribution in [1.29, 1.82) is 5.26 Å². The molecular weight excluding hydrogens is 455 g/mol. The molecule has 0 aliphatic carbocycles. The van der Waals surface area contributed by atoms with Crippen LogP contribution in [0.25, 0.3) is 0 Å². The Kier molecular flexibility index (Phi) is 7.58. The molecule has 1 N–H and O–H groups in total. The molecule has 2 saturated heterocycles. The third kappa shape index (κ3) is 6.28. The molecule has 2 aliphatic rings. The van der Waals surface area contributed by atoms with E-state index in [4.69, 9.17) is 10.00 Å². The van der Waals surface area contributed by atoms with Gasteiger partial charge in [-0.15, -0.1) is 0 Å². The number of halogens is 3. The lowest BCUT2D eigenvalue weighted by molar-refractivity contribution is -0.137. The van der Waals surface area contributed by atoms with Crippen molar-refractivity contribution < 1.29 is 23.0 Å². The van der Waals surface area contributed by atoms with Gasteiger partial charge in [0, 0.05) is 31.7 Å². The molecule has 0 spiro atoms. The van der Waals surface area contributed by atoms with Crippen molar-refractivity contribution in [3.63, 3.8) is 0 Å². The van der Waals surface area contributed by atoms with E-state index < -0.39 is 17.3 Å². The minimum absolute atomic E-state index is 0.373. The van der Waals surface area contributed by atoms with Crippen LogP contribution in [0.5, 0.6) is 5.75 Å². The fraction of sp³-hybridized carbons (Fsp3) is 0.519. The molecule has 0 saturated carbocycles. The first-order chi connectivity index (χ1) is 16.7. The van der Waals surface area contributed by atoms with Crippen molar-refractivity contribution >= 4 is 5.69 Å². The Morgan fingerprint density at radius 3 is 2.40 bits per heavy atom. The summed E-state index contributed by atoms with van der Waals surface area (Å²) in [5.41, 5.74) is 0.544. The van der Waals surface area contributed by atoms with E-state index in [2.05, 4.69) is 17.0 Å². The van der Waals surface area contributed by atoms with Crippen LogP contribution in [0.3, 0.4) is 0 Å². The highest BCUT2D eigenvalue weighted by Crippen LogP contribution is 2.36. The monoisotopic (exact) mass is 487 g/mol. The number of ether oxygens (including phenoxy) is 1. The van der Waals surface area contributed by atoms with Gasteiger partial charge in [0.1, 0.15) is 5.75 Å². The molecule has 2 aromatic carbocycles. The second kappa shape index (κ2) is 10.5. The van der Waals surface area contributed by atoms with Gasteiger partial charge in [-0.25, -0.2) is 0 Å². The lowest BCUT2D eigenvalue weighted by atomic mass is 9.88. The molecule has 2 heterocycles. The fourth-order valence-electron chi connectivity index (χ4n) is 5.01. The summed E-state index contributed by atoms with van der Waals surface area (Å²) in [7, 11) is 0. The van der Waals surface area contributed by atoms with E-state index in [9.17, 15) is 18.3 Å². The van der Waals surface area contributed by atoms with E-state index in [1.54, 1.807) is 6.07 Å². The lowest BCUT2D eigenvalue weighted by Gasteiger charge is -2.39. The predicted molar refractivity (Wildman–Crippen MR) is 128 cm³/mol. The van der Waals surface area contributed by atoms with E-state index in [1.165, 1.54) is 30.5 Å². The van der Waals surface area contributed by atoms with Crippen LogP contribution in [0, 0.1) is 18.3 Å². The highest BCUT2D eigenvalue weighted by Gasteiger charge is 2.36. The molecule has 0 atom stereocenters. The number of anilines is 1. The molecule has 2 aliphatic heterocycles. The van der Waals surface area contributed by atoms with Gasteiger partial charge in [0.05, 0.1) is 29.4 Å². The number of hydrogen-bond acceptors (Lipinski definition) is 5. The number of aryl methyl sites for hydroxylation is 1. The Balaban J connectivity index is 1.29. The second-order valence-electron chi connectivity index (χ2n) is 9.73. The Labute approximate surface area is 204 Å². The maximum Gasteiger partial charge on any atom is 0.417 e. The molecule has 188 valence electrons. The normalized spacial score (nSPS) is 18.5. The molecule has 0 unspecified atom stereocenters. The van der Waals surface area contributed by atoms with Gasteiger partial charge in [0.25, 0.3) is 0 Å². The molecule has 5 nitrogen and oxygen atoms in total. The zero-order chi connectivity index (χ0) is 25.1. The van der Waals surface area contributed by atoms with Crippen molar-refractivity contribution in [2.24, 2.45) is 0 Å². The summed E-state index contributed by atoms with van der Waals surface area (Å²) >= 11 is 0. The third-order valence-electron chi connectivity index (χ3n) is 7.16. The number of nitrogens with zero attached hydrogens (tertiary/aromatic N) is 3. The number of piperidine rings is 1. The molecule has 2 aromatic rings. The Morgan fingerprint density at radius 2 is 1.77 bits per heavy atom. The molecule has 0 radical (unpaired) electrons.